The lowest BCUT2D eigenvalue weighted by molar-refractivity contribution is 0.0353. The van der Waals surface area contributed by atoms with Gasteiger partial charge >= 0.3 is 0 Å². The van der Waals surface area contributed by atoms with Crippen molar-refractivity contribution in [3.05, 3.63) is 82.2 Å². The lowest BCUT2D eigenvalue weighted by Crippen LogP contribution is -2.38. The molecule has 188 valence electrons. The number of methoxy groups -OCH3 is 1. The Balaban J connectivity index is 1.54. The molecule has 2 aromatic carbocycles. The summed E-state index contributed by atoms with van der Waals surface area (Å²) in [6.07, 6.45) is 2.42. The van der Waals surface area contributed by atoms with Crippen molar-refractivity contribution in [3.63, 3.8) is 0 Å². The van der Waals surface area contributed by atoms with Crippen LogP contribution in [-0.4, -0.2) is 68.8 Å². The number of amides is 1. The molecule has 36 heavy (non-hydrogen) atoms. The van der Waals surface area contributed by atoms with E-state index in [1.54, 1.807) is 48.4 Å². The topological polar surface area (TPSA) is 81.5 Å². The molecule has 0 spiro atoms. The van der Waals surface area contributed by atoms with E-state index in [-0.39, 0.29) is 17.1 Å². The van der Waals surface area contributed by atoms with Crippen LogP contribution in [0.15, 0.2) is 64.3 Å². The maximum absolute atomic E-state index is 13.7. The minimum atomic E-state index is -0.583. The van der Waals surface area contributed by atoms with E-state index in [2.05, 4.69) is 11.5 Å². The number of carbonyl (C=O) groups excluding carboxylic acids is 1. The summed E-state index contributed by atoms with van der Waals surface area (Å²) < 4.78 is 22.7. The van der Waals surface area contributed by atoms with Gasteiger partial charge in [0.15, 0.2) is 16.9 Å². The maximum atomic E-state index is 13.7. The number of fused-ring (bicyclic) bond motifs is 2. The quantitative estimate of drug-likeness (QED) is 0.424. The molecule has 1 atom stereocenters. The van der Waals surface area contributed by atoms with Crippen LogP contribution in [0.5, 0.6) is 11.5 Å². The van der Waals surface area contributed by atoms with E-state index in [0.29, 0.717) is 41.2 Å². The molecule has 0 radical (unpaired) electrons. The number of hydrogen-bond acceptors (Lipinski definition) is 7. The molecule has 0 bridgehead atoms. The first-order valence-electron chi connectivity index (χ1n) is 12.2. The number of ether oxygens (including phenoxy) is 3. The van der Waals surface area contributed by atoms with E-state index in [4.69, 9.17) is 18.6 Å². The van der Waals surface area contributed by atoms with Crippen LogP contribution in [0.2, 0.25) is 0 Å². The molecular formula is C28H30N2O6. The molecule has 1 fully saturated rings. The Morgan fingerprint density at radius 2 is 1.89 bits per heavy atom. The molecule has 0 N–H and O–H groups in total. The van der Waals surface area contributed by atoms with Gasteiger partial charge in [0, 0.05) is 26.2 Å². The fraction of sp³-hybridized carbons (Fsp3) is 0.357. The van der Waals surface area contributed by atoms with E-state index in [1.807, 2.05) is 12.1 Å². The minimum absolute atomic E-state index is 0.112. The molecule has 0 saturated carbocycles. The van der Waals surface area contributed by atoms with Gasteiger partial charge in [0.2, 0.25) is 5.76 Å². The highest BCUT2D eigenvalue weighted by atomic mass is 16.5. The minimum Gasteiger partial charge on any atom is -0.493 e. The zero-order valence-electron chi connectivity index (χ0n) is 20.4. The fourth-order valence-electron chi connectivity index (χ4n) is 4.96. The standard InChI is InChI=1S/C28H30N2O6/c1-3-15-35-22-10-9-19(18-23(22)33-2)25-24-26(31)20-7-4-5-8-21(20)36-27(24)28(32)30(25)12-6-11-29-13-16-34-17-14-29/h3-5,7-10,18,25H,1,6,11-17H2,2H3/t25-/m1/s1. The first-order chi connectivity index (χ1) is 17.6. The highest BCUT2D eigenvalue weighted by Crippen LogP contribution is 2.41. The molecule has 3 heterocycles. The third-order valence-corrected chi connectivity index (χ3v) is 6.71. The summed E-state index contributed by atoms with van der Waals surface area (Å²) in [5, 5.41) is 0.460. The van der Waals surface area contributed by atoms with Gasteiger partial charge in [-0.2, -0.15) is 0 Å². The molecule has 1 aromatic heterocycles. The largest absolute Gasteiger partial charge is 0.493 e. The molecule has 1 amide bonds. The number of hydrogen-bond donors (Lipinski definition) is 0. The van der Waals surface area contributed by atoms with Gasteiger partial charge in [-0.3, -0.25) is 14.5 Å². The fourth-order valence-corrected chi connectivity index (χ4v) is 4.96. The van der Waals surface area contributed by atoms with Gasteiger partial charge in [0.1, 0.15) is 12.2 Å². The van der Waals surface area contributed by atoms with Crippen molar-refractivity contribution in [2.75, 3.05) is 53.1 Å². The van der Waals surface area contributed by atoms with Gasteiger partial charge < -0.3 is 23.5 Å². The third-order valence-electron chi connectivity index (χ3n) is 6.71. The van der Waals surface area contributed by atoms with Crippen molar-refractivity contribution in [1.82, 2.24) is 9.80 Å². The number of rotatable bonds is 9. The van der Waals surface area contributed by atoms with Crippen LogP contribution < -0.4 is 14.9 Å². The summed E-state index contributed by atoms with van der Waals surface area (Å²) in [4.78, 5) is 31.3. The Hall–Kier alpha value is -3.62. The predicted octanol–water partition coefficient (Wildman–Crippen LogP) is 3.63. The molecular weight excluding hydrogens is 460 g/mol. The summed E-state index contributed by atoms with van der Waals surface area (Å²) >= 11 is 0. The number of nitrogens with zero attached hydrogens (tertiary/aromatic N) is 2. The maximum Gasteiger partial charge on any atom is 0.290 e. The SMILES string of the molecule is C=CCOc1ccc([C@@H]2c3c(oc4ccccc4c3=O)C(=O)N2CCCN2CCOCC2)cc1OC. The first-order valence-corrected chi connectivity index (χ1v) is 12.2. The summed E-state index contributed by atoms with van der Waals surface area (Å²) in [6.45, 7) is 8.56. The number of benzene rings is 2. The van der Waals surface area contributed by atoms with E-state index in [9.17, 15) is 9.59 Å². The van der Waals surface area contributed by atoms with Gasteiger partial charge in [-0.15, -0.1) is 0 Å². The van der Waals surface area contributed by atoms with Crippen molar-refractivity contribution >= 4 is 16.9 Å². The lowest BCUT2D eigenvalue weighted by Gasteiger charge is -2.29. The second-order valence-corrected chi connectivity index (χ2v) is 8.89. The highest BCUT2D eigenvalue weighted by Gasteiger charge is 2.42. The van der Waals surface area contributed by atoms with Crippen molar-refractivity contribution in [3.8, 4) is 11.5 Å². The van der Waals surface area contributed by atoms with E-state index in [0.717, 1.165) is 44.8 Å². The van der Waals surface area contributed by atoms with Crippen molar-refractivity contribution in [1.29, 1.82) is 0 Å². The Bertz CT molecular complexity index is 1330. The molecule has 0 aliphatic carbocycles. The van der Waals surface area contributed by atoms with Crippen molar-refractivity contribution in [2.24, 2.45) is 0 Å². The van der Waals surface area contributed by atoms with Crippen LogP contribution in [0.3, 0.4) is 0 Å². The van der Waals surface area contributed by atoms with Crippen LogP contribution >= 0.6 is 0 Å². The van der Waals surface area contributed by atoms with Crippen LogP contribution in [-0.2, 0) is 4.74 Å². The number of para-hydroxylation sites is 1. The van der Waals surface area contributed by atoms with Gasteiger partial charge in [-0.05, 0) is 36.2 Å². The average molecular weight is 491 g/mol. The van der Waals surface area contributed by atoms with Crippen molar-refractivity contribution in [2.45, 2.75) is 12.5 Å². The normalized spacial score (nSPS) is 17.9. The van der Waals surface area contributed by atoms with Gasteiger partial charge in [-0.25, -0.2) is 0 Å². The summed E-state index contributed by atoms with van der Waals surface area (Å²) in [7, 11) is 1.57. The molecule has 1 saturated heterocycles. The van der Waals surface area contributed by atoms with Crippen LogP contribution in [0.1, 0.15) is 34.1 Å². The van der Waals surface area contributed by atoms with Crippen LogP contribution in [0.25, 0.3) is 11.0 Å². The molecule has 3 aromatic rings. The molecule has 2 aliphatic heterocycles. The van der Waals surface area contributed by atoms with E-state index >= 15 is 0 Å². The van der Waals surface area contributed by atoms with Crippen LogP contribution in [0.4, 0.5) is 0 Å². The average Bonchev–Trinajstić information content (AvgIpc) is 3.19. The van der Waals surface area contributed by atoms with Gasteiger partial charge in [0.05, 0.1) is 37.3 Å². The highest BCUT2D eigenvalue weighted by molar-refractivity contribution is 5.99. The molecule has 2 aliphatic rings. The zero-order chi connectivity index (χ0) is 25.1. The lowest BCUT2D eigenvalue weighted by atomic mass is 9.98. The first kappa shape index (κ1) is 24.1. The second-order valence-electron chi connectivity index (χ2n) is 8.89. The van der Waals surface area contributed by atoms with E-state index in [1.165, 1.54) is 0 Å². The van der Waals surface area contributed by atoms with Crippen LogP contribution in [0, 0.1) is 0 Å². The van der Waals surface area contributed by atoms with Gasteiger partial charge in [0.25, 0.3) is 5.91 Å². The molecule has 0 unspecified atom stereocenters. The van der Waals surface area contributed by atoms with E-state index < -0.39 is 6.04 Å². The predicted molar refractivity (Wildman–Crippen MR) is 136 cm³/mol. The van der Waals surface area contributed by atoms with Crippen molar-refractivity contribution < 1.29 is 23.4 Å². The Labute approximate surface area is 209 Å². The third kappa shape index (κ3) is 4.50. The zero-order valence-corrected chi connectivity index (χ0v) is 20.4. The molecule has 5 rings (SSSR count). The molecule has 8 nitrogen and oxygen atoms in total. The Morgan fingerprint density at radius 3 is 2.67 bits per heavy atom. The summed E-state index contributed by atoms with van der Waals surface area (Å²) in [6, 6.07) is 12.0. The Morgan fingerprint density at radius 1 is 1.08 bits per heavy atom. The number of morpholine rings is 1. The second kappa shape index (κ2) is 10.6. The Kier molecular flexibility index (Phi) is 7.06. The summed E-state index contributed by atoms with van der Waals surface area (Å²) in [5.41, 5.74) is 1.35. The monoisotopic (exact) mass is 490 g/mol. The van der Waals surface area contributed by atoms with Gasteiger partial charge in [-0.1, -0.05) is 30.9 Å². The molecule has 8 heteroatoms. The summed E-state index contributed by atoms with van der Waals surface area (Å²) in [5.74, 6) is 0.926. The number of carbonyl (C=O) groups is 1. The smallest absolute Gasteiger partial charge is 0.290 e.